The van der Waals surface area contributed by atoms with E-state index in [0.717, 1.165) is 23.4 Å². The van der Waals surface area contributed by atoms with E-state index in [1.807, 2.05) is 43.6 Å². The average Bonchev–Trinajstić information content (AvgIpc) is 2.39. The van der Waals surface area contributed by atoms with Crippen molar-refractivity contribution in [3.8, 4) is 0 Å². The van der Waals surface area contributed by atoms with Crippen molar-refractivity contribution in [3.05, 3.63) is 59.4 Å². The number of anilines is 1. The van der Waals surface area contributed by atoms with Gasteiger partial charge in [0.1, 0.15) is 4.99 Å². The molecule has 98 valence electrons. The lowest BCUT2D eigenvalue weighted by Crippen LogP contribution is -2.17. The highest BCUT2D eigenvalue weighted by molar-refractivity contribution is 7.80. The number of thiocarbonyl (C=S) groups is 1. The molecule has 2 N–H and O–H groups in total. The first-order valence-electron chi connectivity index (χ1n) is 6.08. The van der Waals surface area contributed by atoms with E-state index < -0.39 is 0 Å². The predicted molar refractivity (Wildman–Crippen MR) is 83.4 cm³/mol. The third kappa shape index (κ3) is 3.29. The van der Waals surface area contributed by atoms with Crippen LogP contribution in [0.1, 0.15) is 16.7 Å². The largest absolute Gasteiger partial charge is 0.389 e. The number of rotatable bonds is 4. The molecule has 1 aromatic carbocycles. The van der Waals surface area contributed by atoms with Crippen LogP contribution in [0.3, 0.4) is 0 Å². The van der Waals surface area contributed by atoms with Crippen LogP contribution in [0.5, 0.6) is 0 Å². The molecule has 0 aliphatic heterocycles. The minimum absolute atomic E-state index is 0.445. The smallest absolute Gasteiger partial charge is 0.104 e. The van der Waals surface area contributed by atoms with Crippen LogP contribution in [0.4, 0.5) is 5.69 Å². The number of hydrogen-bond acceptors (Lipinski definition) is 3. The lowest BCUT2D eigenvalue weighted by Gasteiger charge is -2.20. The van der Waals surface area contributed by atoms with Crippen LogP contribution in [0.25, 0.3) is 0 Å². The van der Waals surface area contributed by atoms with Gasteiger partial charge in [0.25, 0.3) is 0 Å². The maximum Gasteiger partial charge on any atom is 0.104 e. The van der Waals surface area contributed by atoms with Crippen LogP contribution in [-0.4, -0.2) is 17.0 Å². The van der Waals surface area contributed by atoms with Gasteiger partial charge in [0.05, 0.1) is 0 Å². The Morgan fingerprint density at radius 3 is 2.53 bits per heavy atom. The molecule has 0 amide bonds. The molecule has 0 fully saturated rings. The zero-order valence-electron chi connectivity index (χ0n) is 11.1. The molecule has 2 aromatic rings. The number of hydrogen-bond donors (Lipinski definition) is 1. The van der Waals surface area contributed by atoms with Crippen molar-refractivity contribution in [1.29, 1.82) is 0 Å². The maximum absolute atomic E-state index is 5.68. The van der Waals surface area contributed by atoms with Gasteiger partial charge in [-0.3, -0.25) is 4.98 Å². The Kier molecular flexibility index (Phi) is 4.12. The van der Waals surface area contributed by atoms with Crippen molar-refractivity contribution in [2.75, 3.05) is 11.9 Å². The summed E-state index contributed by atoms with van der Waals surface area (Å²) in [4.78, 5) is 6.66. The third-order valence-corrected chi connectivity index (χ3v) is 3.31. The molecular weight excluding hydrogens is 254 g/mol. The fourth-order valence-electron chi connectivity index (χ4n) is 2.02. The predicted octanol–water partition coefficient (Wildman–Crippen LogP) is 2.66. The van der Waals surface area contributed by atoms with E-state index in [4.69, 9.17) is 18.0 Å². The molecule has 0 aliphatic rings. The monoisotopic (exact) mass is 271 g/mol. The summed E-state index contributed by atoms with van der Waals surface area (Å²) in [5.74, 6) is 0. The number of nitrogens with two attached hydrogens (primary N) is 1. The van der Waals surface area contributed by atoms with Crippen molar-refractivity contribution in [1.82, 2.24) is 4.98 Å². The molecule has 0 bridgehead atoms. The summed E-state index contributed by atoms with van der Waals surface area (Å²) in [6.45, 7) is 2.87. The minimum atomic E-state index is 0.445. The van der Waals surface area contributed by atoms with Crippen molar-refractivity contribution in [2.24, 2.45) is 5.73 Å². The third-order valence-electron chi connectivity index (χ3n) is 3.09. The fourth-order valence-corrected chi connectivity index (χ4v) is 2.24. The summed E-state index contributed by atoms with van der Waals surface area (Å²) >= 11 is 5.02. The Labute approximate surface area is 119 Å². The fraction of sp³-hybridized carbons (Fsp3) is 0.200. The van der Waals surface area contributed by atoms with Gasteiger partial charge in [-0.1, -0.05) is 12.2 Å². The van der Waals surface area contributed by atoms with Gasteiger partial charge in [-0.15, -0.1) is 0 Å². The SMILES string of the molecule is Cc1cc(N(C)Cc2ccncc2)ccc1C(N)=S. The molecule has 0 atom stereocenters. The lowest BCUT2D eigenvalue weighted by atomic mass is 10.1. The Morgan fingerprint density at radius 2 is 1.95 bits per heavy atom. The number of nitrogens with zero attached hydrogens (tertiary/aromatic N) is 2. The van der Waals surface area contributed by atoms with Crippen LogP contribution in [0.2, 0.25) is 0 Å². The standard InChI is InChI=1S/C15H17N3S/c1-11-9-13(3-4-14(11)15(16)19)18(2)10-12-5-7-17-8-6-12/h3-9H,10H2,1-2H3,(H2,16,19). The molecule has 0 aliphatic carbocycles. The molecule has 19 heavy (non-hydrogen) atoms. The zero-order chi connectivity index (χ0) is 13.8. The molecule has 1 heterocycles. The summed E-state index contributed by atoms with van der Waals surface area (Å²) in [5, 5.41) is 0. The van der Waals surface area contributed by atoms with Crippen LogP contribution in [-0.2, 0) is 6.54 Å². The Balaban J connectivity index is 2.18. The van der Waals surface area contributed by atoms with Crippen LogP contribution in [0, 0.1) is 6.92 Å². The second-order valence-corrected chi connectivity index (χ2v) is 5.01. The number of pyridine rings is 1. The minimum Gasteiger partial charge on any atom is -0.389 e. The van der Waals surface area contributed by atoms with Gasteiger partial charge in [0, 0.05) is 37.2 Å². The van der Waals surface area contributed by atoms with E-state index in [9.17, 15) is 0 Å². The van der Waals surface area contributed by atoms with E-state index in [1.165, 1.54) is 5.56 Å². The Morgan fingerprint density at radius 1 is 1.26 bits per heavy atom. The second kappa shape index (κ2) is 5.80. The van der Waals surface area contributed by atoms with Gasteiger partial charge in [0.2, 0.25) is 0 Å². The van der Waals surface area contributed by atoms with Crippen molar-refractivity contribution in [2.45, 2.75) is 13.5 Å². The molecule has 0 spiro atoms. The van der Waals surface area contributed by atoms with Gasteiger partial charge < -0.3 is 10.6 Å². The topological polar surface area (TPSA) is 42.2 Å². The maximum atomic E-state index is 5.68. The van der Waals surface area contributed by atoms with E-state index >= 15 is 0 Å². The zero-order valence-corrected chi connectivity index (χ0v) is 11.9. The van der Waals surface area contributed by atoms with Crippen molar-refractivity contribution in [3.63, 3.8) is 0 Å². The van der Waals surface area contributed by atoms with E-state index in [1.54, 1.807) is 0 Å². The molecule has 2 rings (SSSR count). The summed E-state index contributed by atoms with van der Waals surface area (Å²) < 4.78 is 0. The molecule has 3 nitrogen and oxygen atoms in total. The number of aryl methyl sites for hydroxylation is 1. The average molecular weight is 271 g/mol. The van der Waals surface area contributed by atoms with Gasteiger partial charge in [0.15, 0.2) is 0 Å². The second-order valence-electron chi connectivity index (χ2n) is 4.57. The summed E-state index contributed by atoms with van der Waals surface area (Å²) in [6.07, 6.45) is 3.62. The highest BCUT2D eigenvalue weighted by atomic mass is 32.1. The van der Waals surface area contributed by atoms with Gasteiger partial charge >= 0.3 is 0 Å². The van der Waals surface area contributed by atoms with Gasteiger partial charge in [-0.2, -0.15) is 0 Å². The molecule has 1 aromatic heterocycles. The first-order chi connectivity index (χ1) is 9.08. The van der Waals surface area contributed by atoms with E-state index in [-0.39, 0.29) is 0 Å². The lowest BCUT2D eigenvalue weighted by molar-refractivity contribution is 0.918. The number of benzene rings is 1. The Bertz CT molecular complexity index is 581. The highest BCUT2D eigenvalue weighted by Gasteiger charge is 2.06. The molecule has 0 unspecified atom stereocenters. The molecule has 0 saturated heterocycles. The van der Waals surface area contributed by atoms with Crippen LogP contribution < -0.4 is 10.6 Å². The normalized spacial score (nSPS) is 10.2. The Hall–Kier alpha value is -1.94. The number of aromatic nitrogens is 1. The van der Waals surface area contributed by atoms with E-state index in [0.29, 0.717) is 4.99 Å². The van der Waals surface area contributed by atoms with Crippen molar-refractivity contribution >= 4 is 22.9 Å². The summed E-state index contributed by atoms with van der Waals surface area (Å²) in [6, 6.07) is 10.2. The first-order valence-corrected chi connectivity index (χ1v) is 6.49. The van der Waals surface area contributed by atoms with Crippen LogP contribution >= 0.6 is 12.2 Å². The van der Waals surface area contributed by atoms with E-state index in [2.05, 4.69) is 23.0 Å². The van der Waals surface area contributed by atoms with Gasteiger partial charge in [-0.05, 0) is 48.4 Å². The molecule has 0 saturated carbocycles. The highest BCUT2D eigenvalue weighted by Crippen LogP contribution is 2.19. The quantitative estimate of drug-likeness (QED) is 0.868. The molecular formula is C15H17N3S. The van der Waals surface area contributed by atoms with Crippen molar-refractivity contribution < 1.29 is 0 Å². The van der Waals surface area contributed by atoms with Crippen LogP contribution in [0.15, 0.2) is 42.7 Å². The summed E-state index contributed by atoms with van der Waals surface area (Å²) in [7, 11) is 2.07. The molecule has 0 radical (unpaired) electrons. The first kappa shape index (κ1) is 13.5. The summed E-state index contributed by atoms with van der Waals surface area (Å²) in [5.41, 5.74) is 10.1. The van der Waals surface area contributed by atoms with Gasteiger partial charge in [-0.25, -0.2) is 0 Å². The molecule has 4 heteroatoms.